The molecule has 1 unspecified atom stereocenters. The fourth-order valence-electron chi connectivity index (χ4n) is 1.09. The molecule has 1 aromatic rings. The highest BCUT2D eigenvalue weighted by atomic mass is 16.5. The van der Waals surface area contributed by atoms with Crippen LogP contribution in [0.4, 0.5) is 0 Å². The molecule has 0 aliphatic heterocycles. The molecule has 0 aliphatic rings. The Kier molecular flexibility index (Phi) is 5.35. The van der Waals surface area contributed by atoms with E-state index in [1.54, 1.807) is 6.92 Å². The second-order valence-corrected chi connectivity index (χ2v) is 3.26. The third-order valence-electron chi connectivity index (χ3n) is 1.77. The zero-order chi connectivity index (χ0) is 10.9. The first-order chi connectivity index (χ1) is 7.29. The van der Waals surface area contributed by atoms with Crippen LogP contribution >= 0.6 is 0 Å². The van der Waals surface area contributed by atoms with Gasteiger partial charge in [0.25, 0.3) is 0 Å². The van der Waals surface area contributed by atoms with Gasteiger partial charge < -0.3 is 9.84 Å². The predicted molar refractivity (Wildman–Crippen MR) is 60.6 cm³/mol. The summed E-state index contributed by atoms with van der Waals surface area (Å²) >= 11 is 0. The smallest absolute Gasteiger partial charge is 0.119 e. The van der Waals surface area contributed by atoms with Crippen LogP contribution in [0.25, 0.3) is 0 Å². The maximum atomic E-state index is 8.88. The molecule has 1 atom stereocenters. The minimum atomic E-state index is -0.528. The molecule has 0 aliphatic carbocycles. The summed E-state index contributed by atoms with van der Waals surface area (Å²) in [7, 11) is 0. The molecular weight excluding hydrogens is 188 g/mol. The first-order valence-electron chi connectivity index (χ1n) is 5.13. The lowest BCUT2D eigenvalue weighted by atomic mass is 10.3. The summed E-state index contributed by atoms with van der Waals surface area (Å²) in [6.45, 7) is 2.33. The van der Waals surface area contributed by atoms with Gasteiger partial charge in [-0.1, -0.05) is 24.1 Å². The van der Waals surface area contributed by atoms with E-state index in [9.17, 15) is 0 Å². The van der Waals surface area contributed by atoms with Crippen molar-refractivity contribution in [3.05, 3.63) is 30.3 Å². The first-order valence-corrected chi connectivity index (χ1v) is 5.13. The number of unbranched alkanes of at least 4 members (excludes halogenated alkanes) is 1. The van der Waals surface area contributed by atoms with Gasteiger partial charge in [-0.15, -0.1) is 5.92 Å². The first kappa shape index (κ1) is 11.6. The van der Waals surface area contributed by atoms with E-state index in [0.29, 0.717) is 6.61 Å². The van der Waals surface area contributed by atoms with Crippen LogP contribution in [0.2, 0.25) is 0 Å². The van der Waals surface area contributed by atoms with Crippen LogP contribution < -0.4 is 4.74 Å². The molecule has 0 bridgehead atoms. The number of aliphatic hydroxyl groups excluding tert-OH is 1. The maximum Gasteiger partial charge on any atom is 0.119 e. The molecule has 0 aromatic heterocycles. The van der Waals surface area contributed by atoms with Crippen molar-refractivity contribution in [1.82, 2.24) is 0 Å². The van der Waals surface area contributed by atoms with Crippen molar-refractivity contribution in [2.45, 2.75) is 25.9 Å². The Morgan fingerprint density at radius 2 is 2.07 bits per heavy atom. The standard InChI is InChI=1S/C13H16O2/c1-12(14)8-4-3-7-11-15-13-9-5-2-6-10-13/h2,5-6,9-10,12,14H,3,7,11H2,1H3. The lowest BCUT2D eigenvalue weighted by Crippen LogP contribution is -1.97. The van der Waals surface area contributed by atoms with Crippen molar-refractivity contribution in [2.24, 2.45) is 0 Å². The summed E-state index contributed by atoms with van der Waals surface area (Å²) in [6, 6.07) is 9.72. The molecule has 2 heteroatoms. The zero-order valence-electron chi connectivity index (χ0n) is 8.94. The second kappa shape index (κ2) is 6.92. The average Bonchev–Trinajstić information content (AvgIpc) is 2.24. The van der Waals surface area contributed by atoms with Crippen molar-refractivity contribution >= 4 is 0 Å². The Bertz CT molecular complexity index is 319. The summed E-state index contributed by atoms with van der Waals surface area (Å²) in [5.74, 6) is 6.48. The van der Waals surface area contributed by atoms with Gasteiger partial charge in [0.05, 0.1) is 6.61 Å². The second-order valence-electron chi connectivity index (χ2n) is 3.26. The number of hydrogen-bond donors (Lipinski definition) is 1. The van der Waals surface area contributed by atoms with Crippen LogP contribution in [0.3, 0.4) is 0 Å². The predicted octanol–water partition coefficient (Wildman–Crippen LogP) is 2.23. The monoisotopic (exact) mass is 204 g/mol. The van der Waals surface area contributed by atoms with Gasteiger partial charge in [0.1, 0.15) is 11.9 Å². The van der Waals surface area contributed by atoms with E-state index in [-0.39, 0.29) is 0 Å². The van der Waals surface area contributed by atoms with E-state index in [0.717, 1.165) is 18.6 Å². The van der Waals surface area contributed by atoms with Gasteiger partial charge in [0, 0.05) is 6.42 Å². The lowest BCUT2D eigenvalue weighted by Gasteiger charge is -2.03. The molecular formula is C13H16O2. The Labute approximate surface area is 90.9 Å². The highest BCUT2D eigenvalue weighted by Crippen LogP contribution is 2.08. The molecule has 0 radical (unpaired) electrons. The molecule has 1 rings (SSSR count). The SMILES string of the molecule is CC(O)C#CCCCOc1ccccc1. The van der Waals surface area contributed by atoms with Crippen molar-refractivity contribution in [3.63, 3.8) is 0 Å². The van der Waals surface area contributed by atoms with Gasteiger partial charge in [-0.3, -0.25) is 0 Å². The van der Waals surface area contributed by atoms with E-state index >= 15 is 0 Å². The van der Waals surface area contributed by atoms with Crippen LogP contribution in [0.5, 0.6) is 5.75 Å². The molecule has 0 heterocycles. The third-order valence-corrected chi connectivity index (χ3v) is 1.77. The van der Waals surface area contributed by atoms with Gasteiger partial charge in [0.15, 0.2) is 0 Å². The van der Waals surface area contributed by atoms with Crippen LogP contribution in [0.1, 0.15) is 19.8 Å². The van der Waals surface area contributed by atoms with E-state index in [1.807, 2.05) is 30.3 Å². The molecule has 0 spiro atoms. The zero-order valence-corrected chi connectivity index (χ0v) is 8.94. The molecule has 1 N–H and O–H groups in total. The number of benzene rings is 1. The van der Waals surface area contributed by atoms with E-state index in [2.05, 4.69) is 11.8 Å². The molecule has 80 valence electrons. The summed E-state index contributed by atoms with van der Waals surface area (Å²) in [4.78, 5) is 0. The fraction of sp³-hybridized carbons (Fsp3) is 0.385. The summed E-state index contributed by atoms with van der Waals surface area (Å²) in [6.07, 6.45) is 1.12. The van der Waals surface area contributed by atoms with Gasteiger partial charge in [-0.25, -0.2) is 0 Å². The number of hydrogen-bond acceptors (Lipinski definition) is 2. The highest BCUT2D eigenvalue weighted by molar-refractivity contribution is 5.20. The van der Waals surface area contributed by atoms with Gasteiger partial charge >= 0.3 is 0 Å². The highest BCUT2D eigenvalue weighted by Gasteiger charge is 1.90. The number of ether oxygens (including phenoxy) is 1. The topological polar surface area (TPSA) is 29.5 Å². The average molecular weight is 204 g/mol. The minimum absolute atomic E-state index is 0.528. The van der Waals surface area contributed by atoms with Gasteiger partial charge in [-0.2, -0.15) is 0 Å². The van der Waals surface area contributed by atoms with Gasteiger partial charge in [-0.05, 0) is 25.5 Å². The molecule has 2 nitrogen and oxygen atoms in total. The Hall–Kier alpha value is -1.46. The summed E-state index contributed by atoms with van der Waals surface area (Å²) in [5.41, 5.74) is 0. The molecule has 0 amide bonds. The molecule has 0 fully saturated rings. The number of aliphatic hydroxyl groups is 1. The lowest BCUT2D eigenvalue weighted by molar-refractivity contribution is 0.253. The fourth-order valence-corrected chi connectivity index (χ4v) is 1.09. The van der Waals surface area contributed by atoms with Gasteiger partial charge in [0.2, 0.25) is 0 Å². The van der Waals surface area contributed by atoms with E-state index in [1.165, 1.54) is 0 Å². The van der Waals surface area contributed by atoms with Crippen molar-refractivity contribution < 1.29 is 9.84 Å². The minimum Gasteiger partial charge on any atom is -0.494 e. The Morgan fingerprint density at radius 1 is 1.33 bits per heavy atom. The van der Waals surface area contributed by atoms with Crippen LogP contribution in [0, 0.1) is 11.8 Å². The molecule has 1 aromatic carbocycles. The van der Waals surface area contributed by atoms with E-state index in [4.69, 9.17) is 9.84 Å². The quantitative estimate of drug-likeness (QED) is 0.602. The molecule has 0 saturated carbocycles. The number of rotatable bonds is 4. The van der Waals surface area contributed by atoms with Crippen LogP contribution in [-0.2, 0) is 0 Å². The third kappa shape index (κ3) is 5.77. The van der Waals surface area contributed by atoms with E-state index < -0.39 is 6.10 Å². The largest absolute Gasteiger partial charge is 0.494 e. The van der Waals surface area contributed by atoms with Crippen LogP contribution in [0.15, 0.2) is 30.3 Å². The summed E-state index contributed by atoms with van der Waals surface area (Å²) in [5, 5.41) is 8.88. The van der Waals surface area contributed by atoms with Crippen LogP contribution in [-0.4, -0.2) is 17.8 Å². The molecule has 15 heavy (non-hydrogen) atoms. The van der Waals surface area contributed by atoms with Crippen molar-refractivity contribution in [1.29, 1.82) is 0 Å². The van der Waals surface area contributed by atoms with Crippen molar-refractivity contribution in [3.8, 4) is 17.6 Å². The summed E-state index contributed by atoms with van der Waals surface area (Å²) < 4.78 is 5.48. The molecule has 0 saturated heterocycles. The Morgan fingerprint density at radius 3 is 2.73 bits per heavy atom. The number of para-hydroxylation sites is 1. The Balaban J connectivity index is 2.11. The maximum absolute atomic E-state index is 8.88. The normalized spacial score (nSPS) is 11.3. The van der Waals surface area contributed by atoms with Crippen molar-refractivity contribution in [2.75, 3.05) is 6.61 Å².